The van der Waals surface area contributed by atoms with Gasteiger partial charge in [0.25, 0.3) is 0 Å². The minimum Gasteiger partial charge on any atom is -0.406 e. The van der Waals surface area contributed by atoms with Crippen molar-refractivity contribution >= 4 is 15.9 Å². The Bertz CT molecular complexity index is 1080. The van der Waals surface area contributed by atoms with Gasteiger partial charge in [-0.3, -0.25) is 4.79 Å². The molecule has 2 aromatic carbocycles. The molecule has 2 aromatic rings. The Morgan fingerprint density at radius 1 is 1.12 bits per heavy atom. The molecule has 0 bridgehead atoms. The fourth-order valence-electron chi connectivity index (χ4n) is 3.77. The fraction of sp³-hybridized carbons (Fsp3) is 0.409. The van der Waals surface area contributed by atoms with E-state index in [1.165, 1.54) is 24.3 Å². The molecule has 33 heavy (non-hydrogen) atoms. The molecule has 0 aliphatic carbocycles. The number of alkyl halides is 3. The van der Waals surface area contributed by atoms with E-state index >= 15 is 0 Å². The Morgan fingerprint density at radius 2 is 1.73 bits per heavy atom. The average Bonchev–Trinajstić information content (AvgIpc) is 2.77. The molecule has 0 saturated carbocycles. The van der Waals surface area contributed by atoms with Gasteiger partial charge in [-0.15, -0.1) is 13.2 Å². The van der Waals surface area contributed by atoms with E-state index in [1.807, 2.05) is 6.92 Å². The molecule has 1 heterocycles. The van der Waals surface area contributed by atoms with Crippen molar-refractivity contribution in [2.75, 3.05) is 20.1 Å². The summed E-state index contributed by atoms with van der Waals surface area (Å²) in [5, 5.41) is 0. The van der Waals surface area contributed by atoms with Crippen LogP contribution in [-0.4, -0.2) is 50.0 Å². The Morgan fingerprint density at radius 3 is 2.30 bits per heavy atom. The monoisotopic (exact) mass is 488 g/mol. The minimum absolute atomic E-state index is 0.0574. The number of amides is 1. The van der Waals surface area contributed by atoms with Gasteiger partial charge in [0.2, 0.25) is 15.9 Å². The molecule has 1 aliphatic heterocycles. The van der Waals surface area contributed by atoms with Crippen LogP contribution in [-0.2, 0) is 14.8 Å². The molecule has 1 atom stereocenters. The number of hydrogen-bond acceptors (Lipinski definition) is 4. The Labute approximate surface area is 189 Å². The normalized spacial score (nSPS) is 16.9. The third-order valence-electron chi connectivity index (χ3n) is 5.76. The predicted octanol–water partition coefficient (Wildman–Crippen LogP) is 4.34. The predicted molar refractivity (Wildman–Crippen MR) is 112 cm³/mol. The second-order valence-corrected chi connectivity index (χ2v) is 9.82. The molecule has 1 amide bonds. The minimum atomic E-state index is -4.93. The van der Waals surface area contributed by atoms with E-state index in [9.17, 15) is 30.8 Å². The second-order valence-electron chi connectivity index (χ2n) is 7.88. The summed E-state index contributed by atoms with van der Waals surface area (Å²) in [4.78, 5) is 14.2. The van der Waals surface area contributed by atoms with Gasteiger partial charge in [0.05, 0.1) is 10.9 Å². The van der Waals surface area contributed by atoms with E-state index in [-0.39, 0.29) is 48.6 Å². The molecule has 1 aliphatic rings. The molecule has 0 radical (unpaired) electrons. The highest BCUT2D eigenvalue weighted by atomic mass is 32.2. The molecule has 6 nitrogen and oxygen atoms in total. The van der Waals surface area contributed by atoms with Crippen LogP contribution in [0.3, 0.4) is 0 Å². The number of ether oxygens (including phenoxy) is 1. The summed E-state index contributed by atoms with van der Waals surface area (Å²) < 4.78 is 81.3. The number of nitrogens with zero attached hydrogens (tertiary/aromatic N) is 2. The molecular weight excluding hydrogens is 464 g/mol. The highest BCUT2D eigenvalue weighted by molar-refractivity contribution is 7.89. The smallest absolute Gasteiger partial charge is 0.406 e. The number of carbonyl (C=O) groups excluding carboxylic acids is 1. The molecule has 0 N–H and O–H groups in total. The summed E-state index contributed by atoms with van der Waals surface area (Å²) in [7, 11) is -2.40. The van der Waals surface area contributed by atoms with Gasteiger partial charge in [0, 0.05) is 32.1 Å². The highest BCUT2D eigenvalue weighted by Crippen LogP contribution is 2.30. The number of halogens is 4. The van der Waals surface area contributed by atoms with E-state index < -0.39 is 28.1 Å². The van der Waals surface area contributed by atoms with Gasteiger partial charge < -0.3 is 9.64 Å². The number of hydrogen-bond donors (Lipinski definition) is 0. The first-order chi connectivity index (χ1) is 15.4. The van der Waals surface area contributed by atoms with Gasteiger partial charge in [-0.25, -0.2) is 12.8 Å². The van der Waals surface area contributed by atoms with Crippen molar-refractivity contribution in [2.45, 2.75) is 37.1 Å². The number of benzene rings is 2. The number of sulfonamides is 1. The van der Waals surface area contributed by atoms with Crippen molar-refractivity contribution in [3.8, 4) is 5.75 Å². The Balaban J connectivity index is 1.64. The lowest BCUT2D eigenvalue weighted by Gasteiger charge is -2.34. The van der Waals surface area contributed by atoms with Crippen LogP contribution in [0.15, 0.2) is 53.4 Å². The zero-order valence-corrected chi connectivity index (χ0v) is 18.9. The standard InChI is InChI=1S/C22H24F4N2O4S/c1-15(16-6-8-18(23)9-7-16)27(2)21(29)17-10-12-28(13-11-17)33(30,31)20-5-3-4-19(14-20)32-22(24,25)26/h3-9,14-15,17H,10-13H2,1-2H3. The zero-order valence-electron chi connectivity index (χ0n) is 18.0. The van der Waals surface area contributed by atoms with Crippen molar-refractivity contribution in [1.82, 2.24) is 9.21 Å². The number of piperidine rings is 1. The summed E-state index contributed by atoms with van der Waals surface area (Å²) in [6.07, 6.45) is -4.38. The fourth-order valence-corrected chi connectivity index (χ4v) is 5.27. The van der Waals surface area contributed by atoms with E-state index in [2.05, 4.69) is 4.74 Å². The quantitative estimate of drug-likeness (QED) is 0.568. The molecule has 1 saturated heterocycles. The largest absolute Gasteiger partial charge is 0.573 e. The maximum Gasteiger partial charge on any atom is 0.573 e. The summed E-state index contributed by atoms with van der Waals surface area (Å²) in [5.41, 5.74) is 0.772. The highest BCUT2D eigenvalue weighted by Gasteiger charge is 2.35. The Hall–Kier alpha value is -2.66. The lowest BCUT2D eigenvalue weighted by molar-refractivity contribution is -0.274. The average molecular weight is 489 g/mol. The summed E-state index contributed by atoms with van der Waals surface area (Å²) in [6, 6.07) is 9.80. The number of carbonyl (C=O) groups is 1. The maximum absolute atomic E-state index is 13.2. The van der Waals surface area contributed by atoms with E-state index in [1.54, 1.807) is 24.1 Å². The van der Waals surface area contributed by atoms with Crippen LogP contribution >= 0.6 is 0 Å². The van der Waals surface area contributed by atoms with Crippen LogP contribution < -0.4 is 4.74 Å². The van der Waals surface area contributed by atoms with Crippen LogP contribution in [0.1, 0.15) is 31.4 Å². The topological polar surface area (TPSA) is 66.9 Å². The summed E-state index contributed by atoms with van der Waals surface area (Å²) in [5.74, 6) is -1.54. The lowest BCUT2D eigenvalue weighted by atomic mass is 9.95. The SMILES string of the molecule is CC(c1ccc(F)cc1)N(C)C(=O)C1CCN(S(=O)(=O)c2cccc(OC(F)(F)F)c2)CC1. The number of rotatable bonds is 6. The van der Waals surface area contributed by atoms with Crippen LogP contribution in [0.2, 0.25) is 0 Å². The van der Waals surface area contributed by atoms with E-state index in [0.717, 1.165) is 22.0 Å². The van der Waals surface area contributed by atoms with Gasteiger partial charge in [-0.1, -0.05) is 18.2 Å². The zero-order chi connectivity index (χ0) is 24.4. The second kappa shape index (κ2) is 9.68. The van der Waals surface area contributed by atoms with Crippen molar-refractivity contribution < 1.29 is 35.5 Å². The van der Waals surface area contributed by atoms with Crippen LogP contribution in [0.5, 0.6) is 5.75 Å². The molecule has 3 rings (SSSR count). The molecule has 1 unspecified atom stereocenters. The molecular formula is C22H24F4N2O4S. The van der Waals surface area contributed by atoms with Gasteiger partial charge in [-0.2, -0.15) is 4.31 Å². The summed E-state index contributed by atoms with van der Waals surface area (Å²) >= 11 is 0. The van der Waals surface area contributed by atoms with Crippen molar-refractivity contribution in [3.05, 3.63) is 59.9 Å². The molecule has 0 spiro atoms. The molecule has 11 heteroatoms. The molecule has 180 valence electrons. The molecule has 0 aromatic heterocycles. The van der Waals surface area contributed by atoms with Gasteiger partial charge in [0.1, 0.15) is 11.6 Å². The van der Waals surface area contributed by atoms with Crippen LogP contribution in [0.25, 0.3) is 0 Å². The third-order valence-corrected chi connectivity index (χ3v) is 7.66. The van der Waals surface area contributed by atoms with Gasteiger partial charge >= 0.3 is 6.36 Å². The van der Waals surface area contributed by atoms with Crippen molar-refractivity contribution in [2.24, 2.45) is 5.92 Å². The van der Waals surface area contributed by atoms with Crippen molar-refractivity contribution in [1.29, 1.82) is 0 Å². The summed E-state index contributed by atoms with van der Waals surface area (Å²) in [6.45, 7) is 1.93. The van der Waals surface area contributed by atoms with Gasteiger partial charge in [0.15, 0.2) is 0 Å². The van der Waals surface area contributed by atoms with Crippen molar-refractivity contribution in [3.63, 3.8) is 0 Å². The van der Waals surface area contributed by atoms with E-state index in [0.29, 0.717) is 0 Å². The van der Waals surface area contributed by atoms with Gasteiger partial charge in [-0.05, 0) is 49.6 Å². The van der Waals surface area contributed by atoms with Crippen LogP contribution in [0.4, 0.5) is 17.6 Å². The third kappa shape index (κ3) is 6.02. The Kier molecular flexibility index (Phi) is 7.32. The molecule has 1 fully saturated rings. The lowest BCUT2D eigenvalue weighted by Crippen LogP contribution is -2.44. The van der Waals surface area contributed by atoms with Crippen LogP contribution in [0, 0.1) is 11.7 Å². The first-order valence-electron chi connectivity index (χ1n) is 10.3. The van der Waals surface area contributed by atoms with E-state index in [4.69, 9.17) is 0 Å². The first-order valence-corrected chi connectivity index (χ1v) is 11.7. The maximum atomic E-state index is 13.2. The first kappa shape index (κ1) is 25.0.